The average molecular weight is 374 g/mol. The van der Waals surface area contributed by atoms with Crippen molar-refractivity contribution in [2.45, 2.75) is 31.1 Å². The van der Waals surface area contributed by atoms with Gasteiger partial charge in [-0.3, -0.25) is 9.97 Å². The Balaban J connectivity index is 1.58. The summed E-state index contributed by atoms with van der Waals surface area (Å²) in [6, 6.07) is 26.1. The Morgan fingerprint density at radius 2 is 1.10 bits per heavy atom. The molecule has 0 unspecified atom stereocenters. The lowest BCUT2D eigenvalue weighted by atomic mass is 9.70. The van der Waals surface area contributed by atoms with Gasteiger partial charge in [-0.1, -0.05) is 48.5 Å². The van der Waals surface area contributed by atoms with Crippen molar-refractivity contribution >= 4 is 0 Å². The normalized spacial score (nSPS) is 13.7. The van der Waals surface area contributed by atoms with Crippen LogP contribution in [0.15, 0.2) is 85.2 Å². The Labute approximate surface area is 172 Å². The second-order valence-corrected chi connectivity index (χ2v) is 7.76. The Morgan fingerprint density at radius 3 is 1.55 bits per heavy atom. The Bertz CT molecular complexity index is 1010. The third-order valence-corrected chi connectivity index (χ3v) is 6.23. The number of rotatable bonds is 6. The van der Waals surface area contributed by atoms with Gasteiger partial charge in [0, 0.05) is 17.8 Å². The van der Waals surface area contributed by atoms with Gasteiger partial charge in [0.15, 0.2) is 0 Å². The van der Waals surface area contributed by atoms with E-state index in [0.29, 0.717) is 0 Å². The first-order valence-electron chi connectivity index (χ1n) is 10.2. The molecule has 29 heavy (non-hydrogen) atoms. The van der Waals surface area contributed by atoms with Gasteiger partial charge in [-0.15, -0.1) is 0 Å². The first-order chi connectivity index (χ1) is 14.4. The molecular formula is C27H22N2. The molecule has 2 aromatic heterocycles. The number of benzene rings is 2. The van der Waals surface area contributed by atoms with Gasteiger partial charge in [-0.2, -0.15) is 0 Å². The minimum atomic E-state index is -0.000271. The molecule has 2 aromatic carbocycles. The highest BCUT2D eigenvalue weighted by atomic mass is 14.6. The lowest BCUT2D eigenvalue weighted by Crippen LogP contribution is -2.27. The smallest absolute Gasteiger partial charge is 0.0888 e. The minimum absolute atomic E-state index is 0.000271. The van der Waals surface area contributed by atoms with E-state index in [2.05, 4.69) is 83.0 Å². The molecule has 1 aliphatic rings. The predicted octanol–water partition coefficient (Wildman–Crippen LogP) is 5.61. The largest absolute Gasteiger partial charge is 0.255 e. The molecule has 0 atom stereocenters. The van der Waals surface area contributed by atoms with E-state index in [9.17, 15) is 0 Å². The van der Waals surface area contributed by atoms with Crippen LogP contribution in [-0.2, 0) is 18.3 Å². The minimum Gasteiger partial charge on any atom is -0.255 e. The summed E-state index contributed by atoms with van der Waals surface area (Å²) in [6.45, 7) is 0. The molecule has 1 aliphatic carbocycles. The van der Waals surface area contributed by atoms with E-state index in [4.69, 9.17) is 0 Å². The van der Waals surface area contributed by atoms with Crippen LogP contribution in [0.25, 0.3) is 11.1 Å². The second kappa shape index (κ2) is 7.63. The number of pyridine rings is 2. The SMILES string of the molecule is [c]1cc(CCC2(CCc3c[c]ncc3)c3ccccc3-c3ccccc32)ccn1. The van der Waals surface area contributed by atoms with Crippen LogP contribution in [0.5, 0.6) is 0 Å². The third kappa shape index (κ3) is 3.25. The molecule has 2 nitrogen and oxygen atoms in total. The van der Waals surface area contributed by atoms with Crippen LogP contribution < -0.4 is 0 Å². The molecule has 2 radical (unpaired) electrons. The lowest BCUT2D eigenvalue weighted by Gasteiger charge is -2.33. The standard InChI is InChI=1S/C27H22N2/c1-3-7-25-23(5-1)24-6-2-4-8-26(24)27(25,15-9-21-11-17-28-18-12-21)16-10-22-13-19-29-20-14-22/h1-8,11-14,17,19H,9-10,15-16H2. The molecule has 140 valence electrons. The zero-order valence-corrected chi connectivity index (χ0v) is 16.3. The number of fused-ring (bicyclic) bond motifs is 3. The maximum absolute atomic E-state index is 4.06. The van der Waals surface area contributed by atoms with Crippen LogP contribution in [0, 0.1) is 12.4 Å². The fourth-order valence-electron chi connectivity index (χ4n) is 4.79. The number of aromatic nitrogens is 2. The van der Waals surface area contributed by atoms with Crippen molar-refractivity contribution in [1.82, 2.24) is 9.97 Å². The summed E-state index contributed by atoms with van der Waals surface area (Å²) in [5, 5.41) is 0. The van der Waals surface area contributed by atoms with E-state index in [1.165, 1.54) is 33.4 Å². The predicted molar refractivity (Wildman–Crippen MR) is 115 cm³/mol. The molecule has 0 fully saturated rings. The van der Waals surface area contributed by atoms with Gasteiger partial charge < -0.3 is 0 Å². The second-order valence-electron chi connectivity index (χ2n) is 7.76. The molecular weight excluding hydrogens is 352 g/mol. The molecule has 0 amide bonds. The topological polar surface area (TPSA) is 25.8 Å². The van der Waals surface area contributed by atoms with Crippen molar-refractivity contribution in [3.8, 4) is 11.1 Å². The van der Waals surface area contributed by atoms with Crippen LogP contribution >= 0.6 is 0 Å². The van der Waals surface area contributed by atoms with Gasteiger partial charge in [-0.25, -0.2) is 0 Å². The number of hydrogen-bond donors (Lipinski definition) is 0. The monoisotopic (exact) mass is 374 g/mol. The van der Waals surface area contributed by atoms with Crippen molar-refractivity contribution in [3.05, 3.63) is 120 Å². The van der Waals surface area contributed by atoms with Gasteiger partial charge >= 0.3 is 0 Å². The third-order valence-electron chi connectivity index (χ3n) is 6.23. The summed E-state index contributed by atoms with van der Waals surface area (Å²) in [4.78, 5) is 8.11. The molecule has 2 heterocycles. The van der Waals surface area contributed by atoms with Crippen LogP contribution in [0.2, 0.25) is 0 Å². The van der Waals surface area contributed by atoms with Gasteiger partial charge in [0.25, 0.3) is 0 Å². The number of hydrogen-bond acceptors (Lipinski definition) is 2. The molecule has 4 aromatic rings. The first-order valence-corrected chi connectivity index (χ1v) is 10.2. The molecule has 0 N–H and O–H groups in total. The maximum atomic E-state index is 4.06. The van der Waals surface area contributed by atoms with Crippen molar-refractivity contribution in [3.63, 3.8) is 0 Å². The summed E-state index contributed by atoms with van der Waals surface area (Å²) in [7, 11) is 0. The fourth-order valence-corrected chi connectivity index (χ4v) is 4.79. The van der Waals surface area contributed by atoms with Crippen molar-refractivity contribution in [2.75, 3.05) is 0 Å². The van der Waals surface area contributed by atoms with Gasteiger partial charge in [0.05, 0.1) is 12.4 Å². The summed E-state index contributed by atoms with van der Waals surface area (Å²) in [5.41, 5.74) is 8.25. The molecule has 5 rings (SSSR count). The van der Waals surface area contributed by atoms with Crippen molar-refractivity contribution in [2.24, 2.45) is 0 Å². The number of aryl methyl sites for hydroxylation is 2. The zero-order valence-electron chi connectivity index (χ0n) is 16.3. The van der Waals surface area contributed by atoms with E-state index >= 15 is 0 Å². The maximum Gasteiger partial charge on any atom is 0.0888 e. The summed E-state index contributed by atoms with van der Waals surface area (Å²) >= 11 is 0. The van der Waals surface area contributed by atoms with E-state index < -0.39 is 0 Å². The van der Waals surface area contributed by atoms with Gasteiger partial charge in [0.2, 0.25) is 0 Å². The van der Waals surface area contributed by atoms with E-state index in [0.717, 1.165) is 25.7 Å². The van der Waals surface area contributed by atoms with Crippen LogP contribution in [0.1, 0.15) is 35.1 Å². The molecule has 0 spiro atoms. The highest BCUT2D eigenvalue weighted by molar-refractivity contribution is 5.81. The first kappa shape index (κ1) is 17.8. The quantitative estimate of drug-likeness (QED) is 0.438. The van der Waals surface area contributed by atoms with Crippen molar-refractivity contribution in [1.29, 1.82) is 0 Å². The molecule has 0 saturated carbocycles. The summed E-state index contributed by atoms with van der Waals surface area (Å²) in [5.74, 6) is 0. The van der Waals surface area contributed by atoms with Gasteiger partial charge in [0.1, 0.15) is 0 Å². The Kier molecular flexibility index (Phi) is 4.69. The van der Waals surface area contributed by atoms with Gasteiger partial charge in [-0.05, 0) is 83.3 Å². The lowest BCUT2D eigenvalue weighted by molar-refractivity contribution is 0.446. The Hall–Kier alpha value is -3.26. The van der Waals surface area contributed by atoms with E-state index in [-0.39, 0.29) is 5.41 Å². The highest BCUT2D eigenvalue weighted by Gasteiger charge is 2.42. The molecule has 0 saturated heterocycles. The fraction of sp³-hybridized carbons (Fsp3) is 0.185. The van der Waals surface area contributed by atoms with Crippen LogP contribution in [-0.4, -0.2) is 9.97 Å². The number of nitrogens with zero attached hydrogens (tertiary/aromatic N) is 2. The van der Waals surface area contributed by atoms with E-state index in [1.54, 1.807) is 0 Å². The molecule has 2 heteroatoms. The molecule has 0 aliphatic heterocycles. The zero-order chi connectivity index (χ0) is 19.5. The molecule has 0 bridgehead atoms. The van der Waals surface area contributed by atoms with Crippen LogP contribution in [0.3, 0.4) is 0 Å². The highest BCUT2D eigenvalue weighted by Crippen LogP contribution is 2.53. The summed E-state index contributed by atoms with van der Waals surface area (Å²) in [6.07, 6.45) is 13.8. The average Bonchev–Trinajstić information content (AvgIpc) is 3.08. The summed E-state index contributed by atoms with van der Waals surface area (Å²) < 4.78 is 0. The van der Waals surface area contributed by atoms with Crippen LogP contribution in [0.4, 0.5) is 0 Å². The van der Waals surface area contributed by atoms with Crippen molar-refractivity contribution < 1.29 is 0 Å². The van der Waals surface area contributed by atoms with E-state index in [1.807, 2.05) is 24.5 Å². The Morgan fingerprint density at radius 1 is 0.621 bits per heavy atom.